The Morgan fingerprint density at radius 2 is 2.15 bits per heavy atom. The first-order valence-electron chi connectivity index (χ1n) is 3.09. The van der Waals surface area contributed by atoms with Crippen LogP contribution in [0.25, 0.3) is 0 Å². The van der Waals surface area contributed by atoms with E-state index < -0.39 is 9.05 Å². The maximum atomic E-state index is 10.9. The SMILES string of the molecule is COc1cc(Cl)ncc1S(=O)(=O)Cl. The number of hydrogen-bond acceptors (Lipinski definition) is 4. The Labute approximate surface area is 84.9 Å². The topological polar surface area (TPSA) is 56.3 Å². The summed E-state index contributed by atoms with van der Waals surface area (Å²) in [6.45, 7) is 0. The summed E-state index contributed by atoms with van der Waals surface area (Å²) >= 11 is 5.52. The molecule has 72 valence electrons. The first kappa shape index (κ1) is 10.6. The van der Waals surface area contributed by atoms with Gasteiger partial charge in [0.05, 0.1) is 13.3 Å². The van der Waals surface area contributed by atoms with Crippen LogP contribution in [0, 0.1) is 0 Å². The Bertz CT molecular complexity index is 418. The van der Waals surface area contributed by atoms with Gasteiger partial charge in [0.1, 0.15) is 15.8 Å². The second-order valence-corrected chi connectivity index (χ2v) is 5.02. The Kier molecular flexibility index (Phi) is 3.00. The molecule has 4 nitrogen and oxygen atoms in total. The van der Waals surface area contributed by atoms with E-state index in [1.807, 2.05) is 0 Å². The third-order valence-corrected chi connectivity index (χ3v) is 2.82. The van der Waals surface area contributed by atoms with Gasteiger partial charge in [-0.25, -0.2) is 13.4 Å². The van der Waals surface area contributed by atoms with Crippen LogP contribution in [-0.2, 0) is 9.05 Å². The molecule has 1 heterocycles. The Balaban J connectivity index is 3.39. The van der Waals surface area contributed by atoms with Gasteiger partial charge in [-0.05, 0) is 0 Å². The molecule has 1 rings (SSSR count). The van der Waals surface area contributed by atoms with Gasteiger partial charge in [-0.3, -0.25) is 0 Å². The molecule has 0 spiro atoms. The lowest BCUT2D eigenvalue weighted by molar-refractivity contribution is 0.402. The van der Waals surface area contributed by atoms with E-state index in [0.29, 0.717) is 0 Å². The smallest absolute Gasteiger partial charge is 0.266 e. The Morgan fingerprint density at radius 1 is 1.54 bits per heavy atom. The van der Waals surface area contributed by atoms with Crippen molar-refractivity contribution in [3.8, 4) is 5.75 Å². The fourth-order valence-electron chi connectivity index (χ4n) is 0.743. The monoisotopic (exact) mass is 241 g/mol. The van der Waals surface area contributed by atoms with Gasteiger partial charge < -0.3 is 4.74 Å². The van der Waals surface area contributed by atoms with Crippen LogP contribution in [0.2, 0.25) is 5.15 Å². The lowest BCUT2D eigenvalue weighted by atomic mass is 10.4. The molecule has 0 saturated heterocycles. The fourth-order valence-corrected chi connectivity index (χ4v) is 1.80. The van der Waals surface area contributed by atoms with Crippen molar-refractivity contribution in [3.05, 3.63) is 17.4 Å². The van der Waals surface area contributed by atoms with Crippen LogP contribution >= 0.6 is 22.3 Å². The van der Waals surface area contributed by atoms with E-state index >= 15 is 0 Å². The van der Waals surface area contributed by atoms with E-state index in [1.165, 1.54) is 13.2 Å². The molecule has 0 amide bonds. The van der Waals surface area contributed by atoms with E-state index in [4.69, 9.17) is 27.0 Å². The minimum Gasteiger partial charge on any atom is -0.495 e. The molecule has 0 radical (unpaired) electrons. The maximum absolute atomic E-state index is 10.9. The van der Waals surface area contributed by atoms with Gasteiger partial charge in [0.2, 0.25) is 0 Å². The summed E-state index contributed by atoms with van der Waals surface area (Å²) in [6.07, 6.45) is 1.05. The Morgan fingerprint density at radius 3 is 2.62 bits per heavy atom. The summed E-state index contributed by atoms with van der Waals surface area (Å²) in [5, 5.41) is 0.140. The molecule has 0 unspecified atom stereocenters. The van der Waals surface area contributed by atoms with Crippen molar-refractivity contribution in [3.63, 3.8) is 0 Å². The number of ether oxygens (including phenoxy) is 1. The predicted molar refractivity (Wildman–Crippen MR) is 48.8 cm³/mol. The first-order valence-corrected chi connectivity index (χ1v) is 5.78. The largest absolute Gasteiger partial charge is 0.495 e. The number of rotatable bonds is 2. The first-order chi connectivity index (χ1) is 5.95. The van der Waals surface area contributed by atoms with Gasteiger partial charge in [-0.1, -0.05) is 11.6 Å². The van der Waals surface area contributed by atoms with Crippen molar-refractivity contribution < 1.29 is 13.2 Å². The third-order valence-electron chi connectivity index (χ3n) is 1.28. The summed E-state index contributed by atoms with van der Waals surface area (Å²) < 4.78 is 26.6. The van der Waals surface area contributed by atoms with Crippen LogP contribution < -0.4 is 4.74 Å². The number of aromatic nitrogens is 1. The van der Waals surface area contributed by atoms with E-state index in [1.54, 1.807) is 0 Å². The van der Waals surface area contributed by atoms with Crippen molar-refractivity contribution in [2.45, 2.75) is 4.90 Å². The van der Waals surface area contributed by atoms with Crippen molar-refractivity contribution >= 4 is 31.3 Å². The van der Waals surface area contributed by atoms with E-state index in [0.717, 1.165) is 6.20 Å². The molecule has 0 aliphatic carbocycles. The maximum Gasteiger partial charge on any atom is 0.266 e. The molecular weight excluding hydrogens is 237 g/mol. The van der Waals surface area contributed by atoms with Crippen LogP contribution in [0.3, 0.4) is 0 Å². The number of halogens is 2. The molecule has 0 saturated carbocycles. The third kappa shape index (κ3) is 2.46. The highest BCUT2D eigenvalue weighted by Crippen LogP contribution is 2.27. The molecule has 0 atom stereocenters. The van der Waals surface area contributed by atoms with Crippen LogP contribution in [0.15, 0.2) is 17.2 Å². The van der Waals surface area contributed by atoms with E-state index in [-0.39, 0.29) is 15.8 Å². The molecule has 7 heteroatoms. The summed E-state index contributed by atoms with van der Waals surface area (Å²) in [5.74, 6) is 0.0787. The molecule has 0 aliphatic rings. The van der Waals surface area contributed by atoms with Gasteiger partial charge in [-0.2, -0.15) is 0 Å². The summed E-state index contributed by atoms with van der Waals surface area (Å²) in [6, 6.07) is 1.27. The van der Waals surface area contributed by atoms with Gasteiger partial charge >= 0.3 is 0 Å². The molecular formula is C6H5Cl2NO3S. The number of methoxy groups -OCH3 is 1. The van der Waals surface area contributed by atoms with Gasteiger partial charge in [0.25, 0.3) is 9.05 Å². The summed E-state index contributed by atoms with van der Waals surface area (Å²) in [7, 11) is 2.58. The van der Waals surface area contributed by atoms with Crippen LogP contribution in [0.4, 0.5) is 0 Å². The summed E-state index contributed by atoms with van der Waals surface area (Å²) in [4.78, 5) is 3.38. The molecule has 13 heavy (non-hydrogen) atoms. The Hall–Kier alpha value is -0.520. The fraction of sp³-hybridized carbons (Fsp3) is 0.167. The zero-order valence-electron chi connectivity index (χ0n) is 6.49. The average molecular weight is 242 g/mol. The minimum absolute atomic E-state index is 0.0787. The highest BCUT2D eigenvalue weighted by atomic mass is 35.7. The molecule has 0 bridgehead atoms. The molecule has 0 N–H and O–H groups in total. The van der Waals surface area contributed by atoms with E-state index in [9.17, 15) is 8.42 Å². The number of hydrogen-bond donors (Lipinski definition) is 0. The van der Waals surface area contributed by atoms with Crippen molar-refractivity contribution in [1.29, 1.82) is 0 Å². The van der Waals surface area contributed by atoms with Gasteiger partial charge in [0, 0.05) is 16.7 Å². The minimum atomic E-state index is -3.84. The van der Waals surface area contributed by atoms with Gasteiger partial charge in [0.15, 0.2) is 0 Å². The molecule has 0 fully saturated rings. The predicted octanol–water partition coefficient (Wildman–Crippen LogP) is 1.67. The highest BCUT2D eigenvalue weighted by Gasteiger charge is 2.17. The number of nitrogens with zero attached hydrogens (tertiary/aromatic N) is 1. The second-order valence-electron chi connectivity index (χ2n) is 2.10. The van der Waals surface area contributed by atoms with Crippen LogP contribution in [0.5, 0.6) is 5.75 Å². The van der Waals surface area contributed by atoms with Crippen molar-refractivity contribution in [2.24, 2.45) is 0 Å². The standard InChI is InChI=1S/C6H5Cl2NO3S/c1-12-4-2-6(7)9-3-5(4)13(8,10)11/h2-3H,1H3. The van der Waals surface area contributed by atoms with E-state index in [2.05, 4.69) is 4.98 Å². The molecule has 1 aromatic rings. The average Bonchev–Trinajstić information content (AvgIpc) is 2.01. The number of pyridine rings is 1. The second kappa shape index (κ2) is 3.69. The zero-order valence-corrected chi connectivity index (χ0v) is 8.82. The lowest BCUT2D eigenvalue weighted by Gasteiger charge is -2.04. The molecule has 0 aliphatic heterocycles. The van der Waals surface area contributed by atoms with Crippen molar-refractivity contribution in [1.82, 2.24) is 4.98 Å². The lowest BCUT2D eigenvalue weighted by Crippen LogP contribution is -1.97. The quantitative estimate of drug-likeness (QED) is 0.584. The summed E-state index contributed by atoms with van der Waals surface area (Å²) in [5.41, 5.74) is 0. The normalized spacial score (nSPS) is 11.3. The molecule has 1 aromatic heterocycles. The van der Waals surface area contributed by atoms with Crippen LogP contribution in [-0.4, -0.2) is 20.5 Å². The molecule has 0 aromatic carbocycles. The zero-order chi connectivity index (χ0) is 10.1. The van der Waals surface area contributed by atoms with Gasteiger partial charge in [-0.15, -0.1) is 0 Å². The van der Waals surface area contributed by atoms with Crippen molar-refractivity contribution in [2.75, 3.05) is 7.11 Å². The van der Waals surface area contributed by atoms with Crippen LogP contribution in [0.1, 0.15) is 0 Å². The highest BCUT2D eigenvalue weighted by molar-refractivity contribution is 8.13.